The zero-order valence-corrected chi connectivity index (χ0v) is 42.2. The van der Waals surface area contributed by atoms with Crippen LogP contribution >= 0.6 is 0 Å². The van der Waals surface area contributed by atoms with Gasteiger partial charge in [0.1, 0.15) is 28.8 Å². The second-order valence-electron chi connectivity index (χ2n) is 17.5. The van der Waals surface area contributed by atoms with Gasteiger partial charge in [0.15, 0.2) is 11.6 Å². The number of unbranched alkanes of at least 4 members (excludes halogenated alkanes) is 2. The SMILES string of the molecule is CCCCc1nc(=O)c(C)nn1Cc1ccc(-c2ccc(CCCCc3nc(=O)c(C)nn3Cc3ccc(-c4ccccc4S(=O)(=O)Nc4noc(C)c4C)cc3)cc2S(=O)(=O)Nc2noc(C)c2F)cc1. The quantitative estimate of drug-likeness (QED) is 0.0685. The summed E-state index contributed by atoms with van der Waals surface area (Å²) >= 11 is 0. The first kappa shape index (κ1) is 50.7. The number of aryl methyl sites for hydroxylation is 7. The van der Waals surface area contributed by atoms with Gasteiger partial charge >= 0.3 is 0 Å². The highest BCUT2D eigenvalue weighted by Gasteiger charge is 2.26. The maximum absolute atomic E-state index is 14.8. The monoisotopic (exact) mass is 1020 g/mol. The van der Waals surface area contributed by atoms with E-state index in [1.54, 1.807) is 79.5 Å². The number of anilines is 2. The van der Waals surface area contributed by atoms with Crippen LogP contribution in [-0.4, -0.2) is 56.7 Å². The smallest absolute Gasteiger partial charge is 0.294 e. The van der Waals surface area contributed by atoms with Crippen LogP contribution in [0.2, 0.25) is 0 Å². The topological polar surface area (TPSA) is 240 Å². The van der Waals surface area contributed by atoms with E-state index in [4.69, 9.17) is 9.05 Å². The van der Waals surface area contributed by atoms with Crippen molar-refractivity contribution in [1.29, 1.82) is 0 Å². The van der Waals surface area contributed by atoms with Crippen molar-refractivity contribution in [3.05, 3.63) is 174 Å². The molecule has 0 aliphatic carbocycles. The van der Waals surface area contributed by atoms with Crippen molar-refractivity contribution >= 4 is 31.7 Å². The summed E-state index contributed by atoms with van der Waals surface area (Å²) in [4.78, 5) is 33.7. The van der Waals surface area contributed by atoms with E-state index in [1.807, 2.05) is 42.5 Å². The molecular formula is C51H53FN10O8S2. The molecule has 374 valence electrons. The molecule has 0 radical (unpaired) electrons. The minimum Gasteiger partial charge on any atom is -0.359 e. The number of rotatable bonds is 20. The zero-order valence-electron chi connectivity index (χ0n) is 40.6. The third kappa shape index (κ3) is 11.4. The Kier molecular flexibility index (Phi) is 15.1. The lowest BCUT2D eigenvalue weighted by atomic mass is 10.00. The van der Waals surface area contributed by atoms with Gasteiger partial charge in [-0.15, -0.1) is 0 Å². The molecule has 0 amide bonds. The average Bonchev–Trinajstić information content (AvgIpc) is 3.85. The number of sulfonamides is 2. The van der Waals surface area contributed by atoms with Gasteiger partial charge in [0.25, 0.3) is 31.2 Å². The fraction of sp³-hybridized carbons (Fsp3) is 0.294. The summed E-state index contributed by atoms with van der Waals surface area (Å²) in [7, 11) is -8.45. The zero-order chi connectivity index (χ0) is 51.3. The van der Waals surface area contributed by atoms with Crippen molar-refractivity contribution in [3.8, 4) is 22.3 Å². The largest absolute Gasteiger partial charge is 0.359 e. The van der Waals surface area contributed by atoms with E-state index in [2.05, 4.69) is 46.8 Å². The molecule has 8 rings (SSSR count). The molecule has 4 aromatic heterocycles. The van der Waals surface area contributed by atoms with Crippen LogP contribution in [0.15, 0.2) is 119 Å². The molecule has 0 spiro atoms. The van der Waals surface area contributed by atoms with Gasteiger partial charge in [0.05, 0.1) is 22.9 Å². The van der Waals surface area contributed by atoms with Crippen LogP contribution in [-0.2, 0) is 52.4 Å². The van der Waals surface area contributed by atoms with E-state index < -0.39 is 37.2 Å². The minimum absolute atomic E-state index is 0.0678. The van der Waals surface area contributed by atoms with E-state index in [9.17, 15) is 30.8 Å². The molecular weight excluding hydrogens is 964 g/mol. The molecule has 8 aromatic rings. The van der Waals surface area contributed by atoms with E-state index in [0.29, 0.717) is 89.4 Å². The molecule has 0 saturated heterocycles. The summed E-state index contributed by atoms with van der Waals surface area (Å²) in [5.74, 6) is 0.0256. The third-order valence-electron chi connectivity index (χ3n) is 12.2. The van der Waals surface area contributed by atoms with E-state index in [1.165, 1.54) is 13.0 Å². The number of nitrogens with zero attached hydrogens (tertiary/aromatic N) is 8. The van der Waals surface area contributed by atoms with Crippen molar-refractivity contribution < 1.29 is 30.3 Å². The van der Waals surface area contributed by atoms with Gasteiger partial charge in [0.2, 0.25) is 11.6 Å². The van der Waals surface area contributed by atoms with Crippen molar-refractivity contribution in [3.63, 3.8) is 0 Å². The molecule has 0 aliphatic heterocycles. The van der Waals surface area contributed by atoms with Crippen LogP contribution in [0, 0.1) is 40.4 Å². The fourth-order valence-electron chi connectivity index (χ4n) is 7.99. The summed E-state index contributed by atoms with van der Waals surface area (Å²) in [6, 6.07) is 26.4. The molecule has 21 heteroatoms. The number of halogens is 1. The number of benzene rings is 4. The molecule has 4 aromatic carbocycles. The standard InChI is InChI=1S/C51H53FN10O8S2/c1-7-8-16-45-53-50(63)32(3)55-61(45)29-38-20-25-40(26-21-38)42-27-22-36(28-44(42)72(67,68)60-49-47(52)35(6)70-58-49)13-9-12-17-46-54-51(64)33(4)56-62(46)30-37-18-23-39(24-19-37)41-14-10-11-15-43(41)71(65,66)59-48-31(2)34(5)69-57-48/h10-11,14-15,18-28H,7-9,12-13,16-17,29-30H2,1-6H3,(H,57,59)(H,58,60). The Balaban J connectivity index is 0.983. The van der Waals surface area contributed by atoms with Gasteiger partial charge in [-0.2, -0.15) is 24.6 Å². The second kappa shape index (κ2) is 21.4. The van der Waals surface area contributed by atoms with E-state index in [-0.39, 0.29) is 44.9 Å². The average molecular weight is 1020 g/mol. The molecule has 0 bridgehead atoms. The highest BCUT2D eigenvalue weighted by molar-refractivity contribution is 7.93. The lowest BCUT2D eigenvalue weighted by Crippen LogP contribution is -2.24. The van der Waals surface area contributed by atoms with Crippen LogP contribution in [0.5, 0.6) is 0 Å². The summed E-state index contributed by atoms with van der Waals surface area (Å²) in [6.07, 6.45) is 4.35. The van der Waals surface area contributed by atoms with Gasteiger partial charge in [-0.1, -0.05) is 103 Å². The first-order valence-electron chi connectivity index (χ1n) is 23.3. The molecule has 0 fully saturated rings. The van der Waals surface area contributed by atoms with Crippen LogP contribution in [0.1, 0.15) is 89.4 Å². The number of nitrogens with one attached hydrogen (secondary N) is 2. The van der Waals surface area contributed by atoms with Crippen LogP contribution in [0.4, 0.5) is 16.0 Å². The van der Waals surface area contributed by atoms with Gasteiger partial charge in [-0.25, -0.2) is 26.2 Å². The van der Waals surface area contributed by atoms with Crippen molar-refractivity contribution in [2.45, 2.75) is 109 Å². The van der Waals surface area contributed by atoms with Gasteiger partial charge < -0.3 is 9.05 Å². The lowest BCUT2D eigenvalue weighted by Gasteiger charge is -2.15. The molecule has 0 aliphatic rings. The summed E-state index contributed by atoms with van der Waals surface area (Å²) < 4.78 is 88.4. The molecule has 0 saturated carbocycles. The Hall–Kier alpha value is -7.65. The Labute approximate surface area is 415 Å². The molecule has 4 heterocycles. The number of hydrogen-bond acceptors (Lipinski definition) is 14. The predicted molar refractivity (Wildman–Crippen MR) is 268 cm³/mol. The first-order valence-corrected chi connectivity index (χ1v) is 26.3. The summed E-state index contributed by atoms with van der Waals surface area (Å²) in [5, 5.41) is 16.5. The maximum Gasteiger partial charge on any atom is 0.294 e. The Morgan fingerprint density at radius 1 is 0.569 bits per heavy atom. The Morgan fingerprint density at radius 2 is 1.06 bits per heavy atom. The first-order chi connectivity index (χ1) is 34.4. The molecule has 72 heavy (non-hydrogen) atoms. The van der Waals surface area contributed by atoms with Crippen molar-refractivity contribution in [2.75, 3.05) is 9.44 Å². The van der Waals surface area contributed by atoms with Crippen molar-refractivity contribution in [1.82, 2.24) is 39.8 Å². The van der Waals surface area contributed by atoms with Gasteiger partial charge in [-0.05, 0) is 100 Å². The predicted octanol–water partition coefficient (Wildman–Crippen LogP) is 8.19. The summed E-state index contributed by atoms with van der Waals surface area (Å²) in [6.45, 7) is 10.6. The van der Waals surface area contributed by atoms with Gasteiger partial charge in [-0.3, -0.25) is 19.0 Å². The Bertz CT molecular complexity index is 3630. The molecule has 2 N–H and O–H groups in total. The third-order valence-corrected chi connectivity index (χ3v) is 15.0. The van der Waals surface area contributed by atoms with Crippen LogP contribution in [0.25, 0.3) is 22.3 Å². The Morgan fingerprint density at radius 3 is 1.60 bits per heavy atom. The molecule has 0 atom stereocenters. The highest BCUT2D eigenvalue weighted by atomic mass is 32.2. The maximum atomic E-state index is 14.8. The van der Waals surface area contributed by atoms with Gasteiger partial charge in [0, 0.05) is 29.5 Å². The highest BCUT2D eigenvalue weighted by Crippen LogP contribution is 2.33. The second-order valence-corrected chi connectivity index (χ2v) is 20.8. The van der Waals surface area contributed by atoms with Crippen LogP contribution in [0.3, 0.4) is 0 Å². The van der Waals surface area contributed by atoms with Crippen molar-refractivity contribution in [2.24, 2.45) is 0 Å². The molecule has 0 unspecified atom stereocenters. The summed E-state index contributed by atoms with van der Waals surface area (Å²) in [5.41, 5.74) is 4.78. The number of aromatic nitrogens is 8. The lowest BCUT2D eigenvalue weighted by molar-refractivity contribution is 0.390. The minimum atomic E-state index is -4.42. The normalized spacial score (nSPS) is 11.8. The fourth-order valence-corrected chi connectivity index (χ4v) is 10.6. The van der Waals surface area contributed by atoms with E-state index in [0.717, 1.165) is 24.0 Å². The molecule has 18 nitrogen and oxygen atoms in total. The number of hydrogen-bond donors (Lipinski definition) is 2. The van der Waals surface area contributed by atoms with E-state index >= 15 is 0 Å². The van der Waals surface area contributed by atoms with Crippen LogP contribution < -0.4 is 20.6 Å².